The fourth-order valence-corrected chi connectivity index (χ4v) is 1.99. The molecule has 4 nitrogen and oxygen atoms in total. The average Bonchev–Trinajstić information content (AvgIpc) is 2.40. The summed E-state index contributed by atoms with van der Waals surface area (Å²) >= 11 is 0. The van der Waals surface area contributed by atoms with Crippen LogP contribution in [-0.4, -0.2) is 19.1 Å². The Kier molecular flexibility index (Phi) is 6.93. The first-order valence-electron chi connectivity index (χ1n) is 6.76. The van der Waals surface area contributed by atoms with Crippen LogP contribution in [0.5, 0.6) is 0 Å². The zero-order chi connectivity index (χ0) is 15.0. The van der Waals surface area contributed by atoms with Gasteiger partial charge in [-0.05, 0) is 37.4 Å². The SMILES string of the molecule is CCCC(CCN)CNC(=O)Nc1ccc(F)cc1F. The first kappa shape index (κ1) is 16.4. The van der Waals surface area contributed by atoms with Crippen LogP contribution in [0.1, 0.15) is 26.2 Å². The summed E-state index contributed by atoms with van der Waals surface area (Å²) in [6.07, 6.45) is 2.82. The third-order valence-corrected chi connectivity index (χ3v) is 3.00. The fraction of sp³-hybridized carbons (Fsp3) is 0.500. The van der Waals surface area contributed by atoms with Crippen LogP contribution >= 0.6 is 0 Å². The number of hydrogen-bond donors (Lipinski definition) is 3. The third kappa shape index (κ3) is 5.52. The molecule has 6 heteroatoms. The number of amides is 2. The third-order valence-electron chi connectivity index (χ3n) is 3.00. The fourth-order valence-electron chi connectivity index (χ4n) is 1.99. The molecule has 0 heterocycles. The first-order valence-corrected chi connectivity index (χ1v) is 6.76. The summed E-state index contributed by atoms with van der Waals surface area (Å²) in [4.78, 5) is 11.6. The van der Waals surface area contributed by atoms with Crippen molar-refractivity contribution >= 4 is 11.7 Å². The molecule has 0 spiro atoms. The van der Waals surface area contributed by atoms with E-state index in [9.17, 15) is 13.6 Å². The molecule has 1 unspecified atom stereocenters. The lowest BCUT2D eigenvalue weighted by Crippen LogP contribution is -2.34. The lowest BCUT2D eigenvalue weighted by molar-refractivity contribution is 0.249. The van der Waals surface area contributed by atoms with Crippen LogP contribution in [0.25, 0.3) is 0 Å². The van der Waals surface area contributed by atoms with Gasteiger partial charge in [0.05, 0.1) is 5.69 Å². The zero-order valence-electron chi connectivity index (χ0n) is 11.6. The smallest absolute Gasteiger partial charge is 0.319 e. The predicted octanol–water partition coefficient (Wildman–Crippen LogP) is 2.85. The van der Waals surface area contributed by atoms with Gasteiger partial charge in [0.25, 0.3) is 0 Å². The maximum Gasteiger partial charge on any atom is 0.319 e. The minimum Gasteiger partial charge on any atom is -0.338 e. The number of benzene rings is 1. The molecule has 0 aromatic heterocycles. The van der Waals surface area contributed by atoms with Gasteiger partial charge in [0, 0.05) is 12.6 Å². The van der Waals surface area contributed by atoms with Crippen LogP contribution in [0.4, 0.5) is 19.3 Å². The van der Waals surface area contributed by atoms with E-state index >= 15 is 0 Å². The molecule has 1 rings (SSSR count). The second-order valence-corrected chi connectivity index (χ2v) is 4.69. The predicted molar refractivity (Wildman–Crippen MR) is 75.4 cm³/mol. The summed E-state index contributed by atoms with van der Waals surface area (Å²) in [5, 5.41) is 5.03. The number of rotatable bonds is 7. The van der Waals surface area contributed by atoms with E-state index in [1.807, 2.05) is 0 Å². The monoisotopic (exact) mass is 285 g/mol. The minimum atomic E-state index is -0.799. The maximum absolute atomic E-state index is 13.4. The topological polar surface area (TPSA) is 67.1 Å². The Morgan fingerprint density at radius 2 is 2.10 bits per heavy atom. The van der Waals surface area contributed by atoms with Gasteiger partial charge in [0.2, 0.25) is 0 Å². The molecule has 0 bridgehead atoms. The van der Waals surface area contributed by atoms with Gasteiger partial charge in [-0.2, -0.15) is 0 Å². The molecule has 0 aliphatic carbocycles. The van der Waals surface area contributed by atoms with E-state index < -0.39 is 17.7 Å². The molecule has 112 valence electrons. The van der Waals surface area contributed by atoms with Crippen molar-refractivity contribution in [3.63, 3.8) is 0 Å². The van der Waals surface area contributed by atoms with Crippen molar-refractivity contribution in [3.05, 3.63) is 29.8 Å². The second kappa shape index (κ2) is 8.47. The number of halogens is 2. The van der Waals surface area contributed by atoms with E-state index in [1.165, 1.54) is 6.07 Å². The Labute approximate surface area is 117 Å². The standard InChI is InChI=1S/C14H21F2N3O/c1-2-3-10(6-7-17)9-18-14(20)19-13-5-4-11(15)8-12(13)16/h4-5,8,10H,2-3,6-7,9,17H2,1H3,(H2,18,19,20). The van der Waals surface area contributed by atoms with E-state index in [4.69, 9.17) is 5.73 Å². The highest BCUT2D eigenvalue weighted by Gasteiger charge is 2.11. The summed E-state index contributed by atoms with van der Waals surface area (Å²) in [7, 11) is 0. The molecule has 0 aliphatic rings. The Morgan fingerprint density at radius 3 is 2.70 bits per heavy atom. The highest BCUT2D eigenvalue weighted by atomic mass is 19.1. The Balaban J connectivity index is 2.46. The van der Waals surface area contributed by atoms with Crippen molar-refractivity contribution in [3.8, 4) is 0 Å². The summed E-state index contributed by atoms with van der Waals surface area (Å²) < 4.78 is 26.1. The van der Waals surface area contributed by atoms with E-state index in [-0.39, 0.29) is 5.69 Å². The molecule has 4 N–H and O–H groups in total. The molecule has 1 atom stereocenters. The van der Waals surface area contributed by atoms with Gasteiger partial charge in [0.1, 0.15) is 11.6 Å². The Bertz CT molecular complexity index is 434. The van der Waals surface area contributed by atoms with Gasteiger partial charge in [-0.3, -0.25) is 0 Å². The van der Waals surface area contributed by atoms with E-state index in [2.05, 4.69) is 17.6 Å². The van der Waals surface area contributed by atoms with Crippen LogP contribution < -0.4 is 16.4 Å². The summed E-state index contributed by atoms with van der Waals surface area (Å²) in [6.45, 7) is 3.12. The van der Waals surface area contributed by atoms with E-state index in [0.717, 1.165) is 31.4 Å². The number of hydrogen-bond acceptors (Lipinski definition) is 2. The number of carbonyl (C=O) groups is 1. The van der Waals surface area contributed by atoms with Gasteiger partial charge in [-0.25, -0.2) is 13.6 Å². The van der Waals surface area contributed by atoms with Crippen molar-refractivity contribution in [1.82, 2.24) is 5.32 Å². The molecule has 1 aromatic carbocycles. The Morgan fingerprint density at radius 1 is 1.35 bits per heavy atom. The van der Waals surface area contributed by atoms with Crippen LogP contribution in [0, 0.1) is 17.6 Å². The van der Waals surface area contributed by atoms with E-state index in [1.54, 1.807) is 0 Å². The van der Waals surface area contributed by atoms with Crippen molar-refractivity contribution in [2.75, 3.05) is 18.4 Å². The lowest BCUT2D eigenvalue weighted by Gasteiger charge is -2.16. The lowest BCUT2D eigenvalue weighted by atomic mass is 10.00. The molecule has 20 heavy (non-hydrogen) atoms. The minimum absolute atomic E-state index is 0.0465. The molecule has 0 radical (unpaired) electrons. The average molecular weight is 285 g/mol. The van der Waals surface area contributed by atoms with Crippen molar-refractivity contribution < 1.29 is 13.6 Å². The highest BCUT2D eigenvalue weighted by molar-refractivity contribution is 5.89. The summed E-state index contributed by atoms with van der Waals surface area (Å²) in [6, 6.07) is 2.50. The Hall–Kier alpha value is -1.69. The van der Waals surface area contributed by atoms with Gasteiger partial charge < -0.3 is 16.4 Å². The molecule has 0 saturated heterocycles. The molecule has 1 aromatic rings. The van der Waals surface area contributed by atoms with Crippen LogP contribution in [-0.2, 0) is 0 Å². The van der Waals surface area contributed by atoms with Crippen LogP contribution in [0.2, 0.25) is 0 Å². The normalized spacial score (nSPS) is 12.0. The highest BCUT2D eigenvalue weighted by Crippen LogP contribution is 2.15. The number of carbonyl (C=O) groups excluding carboxylic acids is 1. The molecule has 0 aliphatic heterocycles. The first-order chi connectivity index (χ1) is 9.56. The van der Waals surface area contributed by atoms with Gasteiger partial charge in [-0.1, -0.05) is 13.3 Å². The van der Waals surface area contributed by atoms with Crippen LogP contribution in [0.15, 0.2) is 18.2 Å². The van der Waals surface area contributed by atoms with Crippen molar-refractivity contribution in [1.29, 1.82) is 0 Å². The van der Waals surface area contributed by atoms with Crippen LogP contribution in [0.3, 0.4) is 0 Å². The molecular weight excluding hydrogens is 264 g/mol. The van der Waals surface area contributed by atoms with Gasteiger partial charge in [0.15, 0.2) is 0 Å². The number of urea groups is 1. The molecule has 0 fully saturated rings. The largest absolute Gasteiger partial charge is 0.338 e. The molecular formula is C14H21F2N3O. The van der Waals surface area contributed by atoms with Gasteiger partial charge in [-0.15, -0.1) is 0 Å². The number of nitrogens with two attached hydrogens (primary N) is 1. The van der Waals surface area contributed by atoms with E-state index in [0.29, 0.717) is 19.0 Å². The number of nitrogens with one attached hydrogen (secondary N) is 2. The molecule has 2 amide bonds. The van der Waals surface area contributed by atoms with Gasteiger partial charge >= 0.3 is 6.03 Å². The van der Waals surface area contributed by atoms with Crippen molar-refractivity contribution in [2.24, 2.45) is 11.7 Å². The van der Waals surface area contributed by atoms with Crippen molar-refractivity contribution in [2.45, 2.75) is 26.2 Å². The quantitative estimate of drug-likeness (QED) is 0.721. The summed E-state index contributed by atoms with van der Waals surface area (Å²) in [5.74, 6) is -1.17. The summed E-state index contributed by atoms with van der Waals surface area (Å²) in [5.41, 5.74) is 5.46. The zero-order valence-corrected chi connectivity index (χ0v) is 11.6. The number of anilines is 1. The maximum atomic E-state index is 13.4. The second-order valence-electron chi connectivity index (χ2n) is 4.69. The molecule has 0 saturated carbocycles.